The SMILES string of the molecule is CN1CCc2c(sc3c2C(=O)NC(c2ccc(OC(=O)c4ccc(Br)cc4)cc2)N3)C1. The molecule has 2 aromatic carbocycles. The van der Waals surface area contributed by atoms with Crippen LogP contribution in [0.1, 0.15) is 42.9 Å². The lowest BCUT2D eigenvalue weighted by atomic mass is 10.0. The smallest absolute Gasteiger partial charge is 0.343 e. The van der Waals surface area contributed by atoms with Crippen LogP contribution in [0, 0.1) is 0 Å². The molecule has 2 aliphatic rings. The average molecular weight is 498 g/mol. The van der Waals surface area contributed by atoms with Gasteiger partial charge in [0.25, 0.3) is 5.91 Å². The Hall–Kier alpha value is -2.68. The summed E-state index contributed by atoms with van der Waals surface area (Å²) in [6.07, 6.45) is 0.574. The number of carbonyl (C=O) groups excluding carboxylic acids is 2. The molecule has 8 heteroatoms. The molecule has 2 aliphatic heterocycles. The minimum absolute atomic E-state index is 0.0356. The number of fused-ring (bicyclic) bond motifs is 3. The van der Waals surface area contributed by atoms with E-state index >= 15 is 0 Å². The Labute approximate surface area is 192 Å². The Balaban J connectivity index is 1.31. The maximum absolute atomic E-state index is 12.8. The normalized spacial score (nSPS) is 17.9. The lowest BCUT2D eigenvalue weighted by Crippen LogP contribution is -2.38. The van der Waals surface area contributed by atoms with E-state index in [9.17, 15) is 9.59 Å². The van der Waals surface area contributed by atoms with Crippen molar-refractivity contribution < 1.29 is 14.3 Å². The van der Waals surface area contributed by atoms with Crippen LogP contribution < -0.4 is 15.4 Å². The number of benzene rings is 2. The maximum atomic E-state index is 12.8. The second-order valence-electron chi connectivity index (χ2n) is 7.71. The van der Waals surface area contributed by atoms with E-state index in [1.807, 2.05) is 12.1 Å². The van der Waals surface area contributed by atoms with Gasteiger partial charge in [-0.15, -0.1) is 11.3 Å². The summed E-state index contributed by atoms with van der Waals surface area (Å²) in [5.74, 6) is 0.00350. The fourth-order valence-corrected chi connectivity index (χ4v) is 5.51. The highest BCUT2D eigenvalue weighted by atomic mass is 79.9. The van der Waals surface area contributed by atoms with Crippen LogP contribution in [-0.2, 0) is 13.0 Å². The molecule has 3 aromatic rings. The summed E-state index contributed by atoms with van der Waals surface area (Å²) in [7, 11) is 2.10. The molecule has 0 saturated carbocycles. The monoisotopic (exact) mass is 497 g/mol. The first-order valence-corrected chi connectivity index (χ1v) is 11.6. The Morgan fingerprint density at radius 3 is 2.61 bits per heavy atom. The van der Waals surface area contributed by atoms with Gasteiger partial charge in [0.15, 0.2) is 0 Å². The van der Waals surface area contributed by atoms with Crippen LogP contribution in [0.3, 0.4) is 0 Å². The minimum Gasteiger partial charge on any atom is -0.423 e. The van der Waals surface area contributed by atoms with Crippen LogP contribution in [0.2, 0.25) is 0 Å². The summed E-state index contributed by atoms with van der Waals surface area (Å²) in [6.45, 7) is 1.85. The molecule has 5 rings (SSSR count). The van der Waals surface area contributed by atoms with E-state index in [2.05, 4.69) is 38.5 Å². The van der Waals surface area contributed by atoms with E-state index in [0.717, 1.165) is 40.1 Å². The second kappa shape index (κ2) is 8.11. The summed E-state index contributed by atoms with van der Waals surface area (Å²) in [5.41, 5.74) is 3.35. The number of nitrogens with zero attached hydrogens (tertiary/aromatic N) is 1. The molecule has 1 atom stereocenters. The lowest BCUT2D eigenvalue weighted by Gasteiger charge is -2.27. The van der Waals surface area contributed by atoms with Crippen LogP contribution in [0.5, 0.6) is 5.75 Å². The van der Waals surface area contributed by atoms with Gasteiger partial charge in [-0.05, 0) is 61.0 Å². The molecule has 0 aliphatic carbocycles. The predicted octanol–water partition coefficient (Wildman–Crippen LogP) is 4.57. The Bertz CT molecular complexity index is 1160. The first-order valence-electron chi connectivity index (χ1n) is 9.96. The molecule has 0 fully saturated rings. The highest BCUT2D eigenvalue weighted by molar-refractivity contribution is 9.10. The maximum Gasteiger partial charge on any atom is 0.343 e. The van der Waals surface area contributed by atoms with Crippen molar-refractivity contribution in [2.45, 2.75) is 19.1 Å². The van der Waals surface area contributed by atoms with Crippen molar-refractivity contribution in [3.63, 3.8) is 0 Å². The van der Waals surface area contributed by atoms with Crippen molar-refractivity contribution in [2.24, 2.45) is 0 Å². The second-order valence-corrected chi connectivity index (χ2v) is 9.73. The molecule has 1 aromatic heterocycles. The average Bonchev–Trinajstić information content (AvgIpc) is 3.12. The summed E-state index contributed by atoms with van der Waals surface area (Å²) in [4.78, 5) is 28.7. The molecule has 1 unspecified atom stereocenters. The number of hydrogen-bond donors (Lipinski definition) is 2. The van der Waals surface area contributed by atoms with Gasteiger partial charge in [-0.25, -0.2) is 4.79 Å². The number of likely N-dealkylation sites (N-methyl/N-ethyl adjacent to an activating group) is 1. The zero-order chi connectivity index (χ0) is 21.5. The van der Waals surface area contributed by atoms with Crippen molar-refractivity contribution in [1.29, 1.82) is 0 Å². The Morgan fingerprint density at radius 2 is 1.87 bits per heavy atom. The Kier molecular flexibility index (Phi) is 5.29. The number of rotatable bonds is 3. The Morgan fingerprint density at radius 1 is 1.13 bits per heavy atom. The van der Waals surface area contributed by atoms with Crippen LogP contribution >= 0.6 is 27.3 Å². The van der Waals surface area contributed by atoms with Crippen molar-refractivity contribution in [3.8, 4) is 5.75 Å². The molecule has 2 N–H and O–H groups in total. The molecule has 0 radical (unpaired) electrons. The van der Waals surface area contributed by atoms with Gasteiger partial charge in [0.05, 0.1) is 11.1 Å². The molecule has 158 valence electrons. The minimum atomic E-state index is -0.414. The highest BCUT2D eigenvalue weighted by Gasteiger charge is 2.32. The van der Waals surface area contributed by atoms with Crippen molar-refractivity contribution in [3.05, 3.63) is 80.1 Å². The summed E-state index contributed by atoms with van der Waals surface area (Å²) >= 11 is 5.02. The number of halogens is 1. The molecule has 1 amide bonds. The number of ether oxygens (including phenoxy) is 1. The van der Waals surface area contributed by atoms with Gasteiger partial charge in [0.1, 0.15) is 16.9 Å². The van der Waals surface area contributed by atoms with Crippen LogP contribution in [-0.4, -0.2) is 30.4 Å². The fourth-order valence-electron chi connectivity index (χ4n) is 3.89. The van der Waals surface area contributed by atoms with Gasteiger partial charge >= 0.3 is 5.97 Å². The standard InChI is InChI=1S/C23H20BrN3O3S/c1-27-11-10-17-18(12-27)31-22-19(17)21(28)25-20(26-22)13-4-8-16(9-5-13)30-23(29)14-2-6-15(24)7-3-14/h2-9,20,26H,10-12H2,1H3,(H,25,28). The van der Waals surface area contributed by atoms with Gasteiger partial charge < -0.3 is 20.3 Å². The van der Waals surface area contributed by atoms with E-state index in [0.29, 0.717) is 11.3 Å². The van der Waals surface area contributed by atoms with Gasteiger partial charge in [0.2, 0.25) is 0 Å². The molecule has 3 heterocycles. The number of anilines is 1. The van der Waals surface area contributed by atoms with E-state index in [4.69, 9.17) is 4.74 Å². The molecule has 31 heavy (non-hydrogen) atoms. The molecule has 6 nitrogen and oxygen atoms in total. The topological polar surface area (TPSA) is 70.7 Å². The van der Waals surface area contributed by atoms with Crippen LogP contribution in [0.15, 0.2) is 53.0 Å². The predicted molar refractivity (Wildman–Crippen MR) is 124 cm³/mol. The molecule has 0 saturated heterocycles. The lowest BCUT2D eigenvalue weighted by molar-refractivity contribution is 0.0734. The fraction of sp³-hybridized carbons (Fsp3) is 0.217. The van der Waals surface area contributed by atoms with Crippen molar-refractivity contribution in [2.75, 3.05) is 18.9 Å². The van der Waals surface area contributed by atoms with Crippen molar-refractivity contribution >= 4 is 44.1 Å². The van der Waals surface area contributed by atoms with Gasteiger partial charge in [-0.3, -0.25) is 4.79 Å². The van der Waals surface area contributed by atoms with E-state index < -0.39 is 5.97 Å². The van der Waals surface area contributed by atoms with E-state index in [-0.39, 0.29) is 12.1 Å². The van der Waals surface area contributed by atoms with Gasteiger partial charge in [-0.1, -0.05) is 28.1 Å². The third-order valence-electron chi connectivity index (χ3n) is 5.53. The summed E-state index contributed by atoms with van der Waals surface area (Å²) in [5, 5.41) is 7.45. The summed E-state index contributed by atoms with van der Waals surface area (Å²) < 4.78 is 6.36. The molecule has 0 spiro atoms. The van der Waals surface area contributed by atoms with E-state index in [1.165, 1.54) is 10.4 Å². The highest BCUT2D eigenvalue weighted by Crippen LogP contribution is 2.40. The number of thiophene rings is 1. The third-order valence-corrected chi connectivity index (χ3v) is 7.21. The van der Waals surface area contributed by atoms with Crippen LogP contribution in [0.25, 0.3) is 0 Å². The zero-order valence-electron chi connectivity index (χ0n) is 16.8. The zero-order valence-corrected chi connectivity index (χ0v) is 19.2. The quantitative estimate of drug-likeness (QED) is 0.409. The van der Waals surface area contributed by atoms with Crippen LogP contribution in [0.4, 0.5) is 5.00 Å². The number of amides is 1. The number of carbonyl (C=O) groups is 2. The van der Waals surface area contributed by atoms with Crippen molar-refractivity contribution in [1.82, 2.24) is 10.2 Å². The first kappa shape index (κ1) is 20.2. The third kappa shape index (κ3) is 3.98. The first-order chi connectivity index (χ1) is 15.0. The summed E-state index contributed by atoms with van der Waals surface area (Å²) in [6, 6.07) is 14.2. The largest absolute Gasteiger partial charge is 0.423 e. The number of hydrogen-bond acceptors (Lipinski definition) is 6. The van der Waals surface area contributed by atoms with E-state index in [1.54, 1.807) is 47.7 Å². The molecular weight excluding hydrogens is 478 g/mol. The molecular formula is C23H20BrN3O3S. The number of nitrogens with one attached hydrogen (secondary N) is 2. The number of esters is 1. The van der Waals surface area contributed by atoms with Gasteiger partial charge in [0, 0.05) is 22.4 Å². The van der Waals surface area contributed by atoms with Gasteiger partial charge in [-0.2, -0.15) is 0 Å². The molecule has 0 bridgehead atoms.